The van der Waals surface area contributed by atoms with E-state index in [1.807, 2.05) is 0 Å². The maximum atomic E-state index is 9.13. The van der Waals surface area contributed by atoms with Gasteiger partial charge in [0, 0.05) is 12.6 Å². The number of hydrogen-bond acceptors (Lipinski definition) is 5. The van der Waals surface area contributed by atoms with E-state index in [2.05, 4.69) is 0 Å². The number of hydrogen-bond donors (Lipinski definition) is 2. The van der Waals surface area contributed by atoms with Crippen molar-refractivity contribution in [1.29, 1.82) is 0 Å². The highest BCUT2D eigenvalue weighted by Gasteiger charge is 2.17. The summed E-state index contributed by atoms with van der Waals surface area (Å²) < 4.78 is 15.2. The molecule has 1 aromatic rings. The fourth-order valence-electron chi connectivity index (χ4n) is 1.25. The molecular weight excluding hydrogens is 211 g/mol. The quantitative estimate of drug-likeness (QED) is 0.500. The number of benzene rings is 1. The first-order valence-corrected chi connectivity index (χ1v) is 4.85. The van der Waals surface area contributed by atoms with E-state index in [0.717, 1.165) is 0 Å². The van der Waals surface area contributed by atoms with E-state index < -0.39 is 7.12 Å². The fraction of sp³-hybridized carbons (Fsp3) is 0.400. The van der Waals surface area contributed by atoms with E-state index in [4.69, 9.17) is 24.3 Å². The van der Waals surface area contributed by atoms with E-state index in [1.54, 1.807) is 19.2 Å². The van der Waals surface area contributed by atoms with Crippen LogP contribution in [-0.4, -0.2) is 44.6 Å². The highest BCUT2D eigenvalue weighted by atomic mass is 16.5. The summed E-state index contributed by atoms with van der Waals surface area (Å²) in [6, 6.07) is 4.84. The third-order valence-corrected chi connectivity index (χ3v) is 2.04. The van der Waals surface area contributed by atoms with Crippen molar-refractivity contribution in [3.63, 3.8) is 0 Å². The molecule has 16 heavy (non-hydrogen) atoms. The summed E-state index contributed by atoms with van der Waals surface area (Å²) in [4.78, 5) is 0. The normalized spacial score (nSPS) is 10.0. The first kappa shape index (κ1) is 12.8. The van der Waals surface area contributed by atoms with E-state index >= 15 is 0 Å². The summed E-state index contributed by atoms with van der Waals surface area (Å²) in [6.07, 6.45) is 0. The molecule has 0 unspecified atom stereocenters. The lowest BCUT2D eigenvalue weighted by Crippen LogP contribution is -2.31. The molecule has 0 radical (unpaired) electrons. The van der Waals surface area contributed by atoms with Crippen LogP contribution < -0.4 is 14.9 Å². The molecule has 0 atom stereocenters. The summed E-state index contributed by atoms with van der Waals surface area (Å²) in [6.45, 7) is 0.882. The average molecular weight is 226 g/mol. The Hall–Kier alpha value is -1.24. The van der Waals surface area contributed by atoms with Gasteiger partial charge < -0.3 is 24.3 Å². The van der Waals surface area contributed by atoms with Crippen molar-refractivity contribution in [1.82, 2.24) is 0 Å². The van der Waals surface area contributed by atoms with Crippen LogP contribution >= 0.6 is 0 Å². The zero-order valence-corrected chi connectivity index (χ0v) is 9.34. The average Bonchev–Trinajstić information content (AvgIpc) is 2.29. The molecule has 0 saturated heterocycles. The van der Waals surface area contributed by atoms with Crippen molar-refractivity contribution in [3.8, 4) is 11.5 Å². The molecule has 6 heteroatoms. The Morgan fingerprint density at radius 1 is 1.19 bits per heavy atom. The first-order valence-electron chi connectivity index (χ1n) is 4.85. The lowest BCUT2D eigenvalue weighted by molar-refractivity contribution is 0.146. The van der Waals surface area contributed by atoms with Crippen molar-refractivity contribution in [2.45, 2.75) is 0 Å². The second-order valence-corrected chi connectivity index (χ2v) is 3.12. The van der Waals surface area contributed by atoms with Gasteiger partial charge >= 0.3 is 7.12 Å². The topological polar surface area (TPSA) is 68.2 Å². The summed E-state index contributed by atoms with van der Waals surface area (Å²) in [5.41, 5.74) is 0.275. The summed E-state index contributed by atoms with van der Waals surface area (Å²) >= 11 is 0. The second kappa shape index (κ2) is 6.37. The van der Waals surface area contributed by atoms with Gasteiger partial charge in [0.1, 0.15) is 18.1 Å². The van der Waals surface area contributed by atoms with Crippen molar-refractivity contribution < 1.29 is 24.3 Å². The van der Waals surface area contributed by atoms with E-state index in [-0.39, 0.29) is 5.46 Å². The Morgan fingerprint density at radius 2 is 1.94 bits per heavy atom. The first-order chi connectivity index (χ1) is 7.69. The third kappa shape index (κ3) is 3.41. The molecule has 88 valence electrons. The fourth-order valence-corrected chi connectivity index (χ4v) is 1.25. The molecule has 0 aromatic heterocycles. The van der Waals surface area contributed by atoms with Crippen LogP contribution in [0.15, 0.2) is 18.2 Å². The predicted molar refractivity (Wildman–Crippen MR) is 60.2 cm³/mol. The van der Waals surface area contributed by atoms with Gasteiger partial charge in [-0.2, -0.15) is 0 Å². The summed E-state index contributed by atoms with van der Waals surface area (Å²) in [5, 5.41) is 18.3. The van der Waals surface area contributed by atoms with Crippen LogP contribution in [0.4, 0.5) is 0 Å². The Bertz CT molecular complexity index is 329. The standard InChI is InChI=1S/C10H15BO5/c1-14-5-6-16-8-3-4-10(15-2)9(7-8)11(12)13/h3-4,7,12-13H,5-6H2,1-2H3. The number of methoxy groups -OCH3 is 2. The van der Waals surface area contributed by atoms with Gasteiger partial charge in [-0.25, -0.2) is 0 Å². The van der Waals surface area contributed by atoms with Crippen LogP contribution in [0.2, 0.25) is 0 Å². The monoisotopic (exact) mass is 226 g/mol. The van der Waals surface area contributed by atoms with Crippen molar-refractivity contribution >= 4 is 12.6 Å². The molecule has 1 aromatic carbocycles. The third-order valence-electron chi connectivity index (χ3n) is 2.04. The zero-order chi connectivity index (χ0) is 12.0. The van der Waals surface area contributed by atoms with Crippen LogP contribution in [-0.2, 0) is 4.74 Å². The van der Waals surface area contributed by atoms with Crippen LogP contribution in [0.1, 0.15) is 0 Å². The molecule has 0 aliphatic heterocycles. The minimum Gasteiger partial charge on any atom is -0.497 e. The van der Waals surface area contributed by atoms with Crippen molar-refractivity contribution in [2.24, 2.45) is 0 Å². The maximum Gasteiger partial charge on any atom is 0.492 e. The Balaban J connectivity index is 2.77. The van der Waals surface area contributed by atoms with Gasteiger partial charge in [-0.1, -0.05) is 0 Å². The second-order valence-electron chi connectivity index (χ2n) is 3.12. The van der Waals surface area contributed by atoms with Crippen LogP contribution in [0.3, 0.4) is 0 Å². The predicted octanol–water partition coefficient (Wildman–Crippen LogP) is -0.600. The molecule has 0 heterocycles. The van der Waals surface area contributed by atoms with Gasteiger partial charge in [0.25, 0.3) is 0 Å². The lowest BCUT2D eigenvalue weighted by atomic mass is 9.79. The SMILES string of the molecule is COCCOc1ccc(OC)c(B(O)O)c1. The lowest BCUT2D eigenvalue weighted by Gasteiger charge is -2.11. The molecule has 0 saturated carbocycles. The van der Waals surface area contributed by atoms with Crippen molar-refractivity contribution in [3.05, 3.63) is 18.2 Å². The van der Waals surface area contributed by atoms with Gasteiger partial charge in [-0.05, 0) is 18.2 Å². The molecule has 0 aliphatic rings. The van der Waals surface area contributed by atoms with Gasteiger partial charge in [-0.3, -0.25) is 0 Å². The molecule has 0 spiro atoms. The van der Waals surface area contributed by atoms with Gasteiger partial charge in [-0.15, -0.1) is 0 Å². The van der Waals surface area contributed by atoms with Crippen LogP contribution in [0, 0.1) is 0 Å². The maximum absolute atomic E-state index is 9.13. The zero-order valence-electron chi connectivity index (χ0n) is 9.34. The highest BCUT2D eigenvalue weighted by molar-refractivity contribution is 6.59. The van der Waals surface area contributed by atoms with E-state index in [1.165, 1.54) is 13.2 Å². The van der Waals surface area contributed by atoms with Gasteiger partial charge in [0.15, 0.2) is 0 Å². The molecule has 0 bridgehead atoms. The number of ether oxygens (including phenoxy) is 3. The molecule has 1 rings (SSSR count). The Morgan fingerprint density at radius 3 is 2.50 bits per heavy atom. The van der Waals surface area contributed by atoms with Crippen LogP contribution in [0.25, 0.3) is 0 Å². The van der Waals surface area contributed by atoms with E-state index in [0.29, 0.717) is 24.7 Å². The summed E-state index contributed by atoms with van der Waals surface area (Å²) in [5.74, 6) is 0.954. The van der Waals surface area contributed by atoms with Crippen LogP contribution in [0.5, 0.6) is 11.5 Å². The van der Waals surface area contributed by atoms with Gasteiger partial charge in [0.05, 0.1) is 13.7 Å². The number of rotatable bonds is 6. The minimum atomic E-state index is -1.58. The molecular formula is C10H15BO5. The van der Waals surface area contributed by atoms with Crippen molar-refractivity contribution in [2.75, 3.05) is 27.4 Å². The Kier molecular flexibility index (Phi) is 5.11. The largest absolute Gasteiger partial charge is 0.497 e. The van der Waals surface area contributed by atoms with E-state index in [9.17, 15) is 0 Å². The summed E-state index contributed by atoms with van der Waals surface area (Å²) in [7, 11) is 1.47. The molecule has 5 nitrogen and oxygen atoms in total. The molecule has 0 fully saturated rings. The highest BCUT2D eigenvalue weighted by Crippen LogP contribution is 2.15. The smallest absolute Gasteiger partial charge is 0.492 e. The van der Waals surface area contributed by atoms with Gasteiger partial charge in [0.2, 0.25) is 0 Å². The molecule has 0 amide bonds. The molecule has 0 aliphatic carbocycles. The molecule has 2 N–H and O–H groups in total. The Labute approximate surface area is 94.7 Å². The minimum absolute atomic E-state index is 0.275.